The molecule has 236 valence electrons. The summed E-state index contributed by atoms with van der Waals surface area (Å²) in [4.78, 5) is 30.1. The fourth-order valence-electron chi connectivity index (χ4n) is 9.80. The summed E-state index contributed by atoms with van der Waals surface area (Å²) in [5, 5.41) is 14.9. The first kappa shape index (κ1) is 29.2. The van der Waals surface area contributed by atoms with Crippen molar-refractivity contribution in [2.75, 3.05) is 43.9 Å². The Morgan fingerprint density at radius 1 is 0.977 bits per heavy atom. The molecule has 4 N–H and O–H groups in total. The summed E-state index contributed by atoms with van der Waals surface area (Å²) < 4.78 is 31.2. The minimum atomic E-state index is -3.17. The molecular formula is C31H45N5O6S. The van der Waals surface area contributed by atoms with E-state index in [2.05, 4.69) is 10.2 Å². The van der Waals surface area contributed by atoms with Crippen LogP contribution >= 0.6 is 0 Å². The van der Waals surface area contributed by atoms with Gasteiger partial charge in [0.1, 0.15) is 18.0 Å². The van der Waals surface area contributed by atoms with Crippen LogP contribution in [0, 0.1) is 23.2 Å². The van der Waals surface area contributed by atoms with E-state index in [4.69, 9.17) is 10.5 Å². The molecular weight excluding hydrogens is 570 g/mol. The third-order valence-electron chi connectivity index (χ3n) is 11.6. The molecule has 4 aliphatic carbocycles. The third-order valence-corrected chi connectivity index (χ3v) is 12.9. The number of primary amides is 1. The number of hydrogen-bond donors (Lipinski definition) is 3. The second kappa shape index (κ2) is 10.5. The first-order valence-corrected chi connectivity index (χ1v) is 17.8. The zero-order chi connectivity index (χ0) is 30.1. The maximum absolute atomic E-state index is 13.7. The monoisotopic (exact) mass is 615 g/mol. The Labute approximate surface area is 254 Å². The van der Waals surface area contributed by atoms with Gasteiger partial charge < -0.3 is 30.7 Å². The van der Waals surface area contributed by atoms with Crippen LogP contribution in [0.3, 0.4) is 0 Å². The maximum atomic E-state index is 13.7. The lowest BCUT2D eigenvalue weighted by atomic mass is 9.47. The number of nitrogens with zero attached hydrogens (tertiary/aromatic N) is 3. The van der Waals surface area contributed by atoms with Crippen LogP contribution in [-0.4, -0.2) is 97.4 Å². The number of rotatable bonds is 7. The zero-order valence-electron chi connectivity index (χ0n) is 25.0. The lowest BCUT2D eigenvalue weighted by molar-refractivity contribution is -0.145. The maximum Gasteiger partial charge on any atom is 0.318 e. The lowest BCUT2D eigenvalue weighted by Crippen LogP contribution is -2.64. The van der Waals surface area contributed by atoms with Gasteiger partial charge in [-0.15, -0.1) is 0 Å². The first-order valence-electron chi connectivity index (χ1n) is 16.0. The van der Waals surface area contributed by atoms with Gasteiger partial charge in [0.25, 0.3) is 0 Å². The number of piperazine rings is 1. The molecule has 11 nitrogen and oxygen atoms in total. The van der Waals surface area contributed by atoms with Gasteiger partial charge in [-0.05, 0) is 87.0 Å². The van der Waals surface area contributed by atoms with Crippen LogP contribution in [0.25, 0.3) is 0 Å². The standard InChI is InChI=1S/C31H45N5O6S/c1-43(40,41)35-10-8-34(9-11-35)23-4-6-26(7-5-23)42-19-31(39)17-24-2-3-25(18-31)36(24)29(38)33-27-21-12-20-13-22(27)16-30(14-20,15-21)28(32)37/h4-7,20-22,24-25,27,39H,2-3,8-19H2,1H3,(H2,32,37)(H,33,38). The van der Waals surface area contributed by atoms with Crippen LogP contribution in [0.4, 0.5) is 10.5 Å². The Morgan fingerprint density at radius 3 is 2.14 bits per heavy atom. The number of hydrogen-bond acceptors (Lipinski definition) is 7. The Hall–Kier alpha value is -2.57. The number of benzene rings is 1. The van der Waals surface area contributed by atoms with Crippen molar-refractivity contribution in [3.8, 4) is 5.75 Å². The average Bonchev–Trinajstić information content (AvgIpc) is 3.25. The van der Waals surface area contributed by atoms with Gasteiger partial charge in [-0.3, -0.25) is 4.79 Å². The van der Waals surface area contributed by atoms with Gasteiger partial charge in [0.05, 0.1) is 6.26 Å². The van der Waals surface area contributed by atoms with Crippen LogP contribution in [0.2, 0.25) is 0 Å². The van der Waals surface area contributed by atoms with Gasteiger partial charge in [0, 0.05) is 68.2 Å². The van der Waals surface area contributed by atoms with Crippen LogP contribution in [0.1, 0.15) is 57.8 Å². The van der Waals surface area contributed by atoms with Crippen molar-refractivity contribution in [2.24, 2.45) is 28.9 Å². The highest BCUT2D eigenvalue weighted by atomic mass is 32.2. The SMILES string of the molecule is CS(=O)(=O)N1CCN(c2ccc(OCC3(O)CC4CCC(C3)N4C(=O)NC3C4CC5CC3CC(C(N)=O)(C5)C4)cc2)CC1. The summed E-state index contributed by atoms with van der Waals surface area (Å²) in [6.07, 6.45) is 8.64. The van der Waals surface area contributed by atoms with Crippen LogP contribution in [-0.2, 0) is 14.8 Å². The van der Waals surface area contributed by atoms with Gasteiger partial charge in [0.15, 0.2) is 0 Å². The Bertz CT molecular complexity index is 1330. The smallest absolute Gasteiger partial charge is 0.318 e. The van der Waals surface area contributed by atoms with E-state index in [-0.39, 0.29) is 42.1 Å². The number of anilines is 1. The van der Waals surface area contributed by atoms with Crippen molar-refractivity contribution < 1.29 is 27.9 Å². The number of fused-ring (bicyclic) bond motifs is 2. The van der Waals surface area contributed by atoms with Crippen molar-refractivity contribution in [1.82, 2.24) is 14.5 Å². The summed E-state index contributed by atoms with van der Waals surface area (Å²) in [7, 11) is -3.17. The van der Waals surface area contributed by atoms with E-state index in [1.807, 2.05) is 29.2 Å². The fraction of sp³-hybridized carbons (Fsp3) is 0.742. The normalized spacial score (nSPS) is 38.7. The topological polar surface area (TPSA) is 146 Å². The highest BCUT2D eigenvalue weighted by Crippen LogP contribution is 2.60. The summed E-state index contributed by atoms with van der Waals surface area (Å²) in [6, 6.07) is 7.78. The number of carbonyl (C=O) groups is 2. The quantitative estimate of drug-likeness (QED) is 0.425. The van der Waals surface area contributed by atoms with E-state index in [0.717, 1.165) is 50.6 Å². The van der Waals surface area contributed by atoms with E-state index in [1.54, 1.807) is 0 Å². The Balaban J connectivity index is 0.925. The molecule has 7 aliphatic rings. The summed E-state index contributed by atoms with van der Waals surface area (Å²) in [5.74, 6) is 1.70. The zero-order valence-corrected chi connectivity index (χ0v) is 25.8. The molecule has 4 saturated carbocycles. The molecule has 0 spiro atoms. The largest absolute Gasteiger partial charge is 0.491 e. The Morgan fingerprint density at radius 2 is 1.58 bits per heavy atom. The number of aliphatic hydroxyl groups is 1. The second-order valence-electron chi connectivity index (χ2n) is 14.4. The van der Waals surface area contributed by atoms with Gasteiger partial charge in [-0.25, -0.2) is 13.2 Å². The van der Waals surface area contributed by atoms with Gasteiger partial charge in [-0.2, -0.15) is 4.31 Å². The van der Waals surface area contributed by atoms with Gasteiger partial charge in [-0.1, -0.05) is 0 Å². The predicted octanol–water partition coefficient (Wildman–Crippen LogP) is 1.89. The lowest BCUT2D eigenvalue weighted by Gasteiger charge is -2.59. The van der Waals surface area contributed by atoms with E-state index >= 15 is 0 Å². The molecule has 6 bridgehead atoms. The molecule has 4 atom stereocenters. The molecule has 0 aromatic heterocycles. The summed E-state index contributed by atoms with van der Waals surface area (Å²) >= 11 is 0. The number of carbonyl (C=O) groups excluding carboxylic acids is 2. The van der Waals surface area contributed by atoms with E-state index in [1.165, 1.54) is 10.6 Å². The molecule has 3 heterocycles. The number of nitrogens with two attached hydrogens (primary N) is 1. The fourth-order valence-corrected chi connectivity index (χ4v) is 10.6. The molecule has 8 rings (SSSR count). The van der Waals surface area contributed by atoms with E-state index < -0.39 is 15.6 Å². The predicted molar refractivity (Wildman–Crippen MR) is 161 cm³/mol. The highest BCUT2D eigenvalue weighted by Gasteiger charge is 2.59. The summed E-state index contributed by atoms with van der Waals surface area (Å²) in [5.41, 5.74) is 5.50. The number of amides is 3. The Kier molecular flexibility index (Phi) is 7.13. The molecule has 1 aromatic carbocycles. The van der Waals surface area contributed by atoms with Crippen LogP contribution in [0.5, 0.6) is 5.75 Å². The highest BCUT2D eigenvalue weighted by molar-refractivity contribution is 7.88. The van der Waals surface area contributed by atoms with Gasteiger partial charge in [0.2, 0.25) is 15.9 Å². The molecule has 12 heteroatoms. The number of sulfonamides is 1. The molecule has 1 aromatic rings. The van der Waals surface area contributed by atoms with E-state index in [0.29, 0.717) is 62.5 Å². The minimum absolute atomic E-state index is 0.0193. The third kappa shape index (κ3) is 5.37. The van der Waals surface area contributed by atoms with Crippen molar-refractivity contribution in [1.29, 1.82) is 0 Å². The molecule has 0 radical (unpaired) electrons. The first-order chi connectivity index (χ1) is 20.4. The number of ether oxygens (including phenoxy) is 1. The van der Waals surface area contributed by atoms with E-state index in [9.17, 15) is 23.1 Å². The molecule has 43 heavy (non-hydrogen) atoms. The van der Waals surface area contributed by atoms with Crippen molar-refractivity contribution in [3.63, 3.8) is 0 Å². The van der Waals surface area contributed by atoms with Crippen LogP contribution < -0.4 is 20.7 Å². The van der Waals surface area contributed by atoms with Crippen molar-refractivity contribution in [2.45, 2.75) is 81.5 Å². The molecule has 4 unspecified atom stereocenters. The molecule has 3 aliphatic heterocycles. The molecule has 3 amide bonds. The second-order valence-corrected chi connectivity index (χ2v) is 16.4. The summed E-state index contributed by atoms with van der Waals surface area (Å²) in [6.45, 7) is 2.39. The number of nitrogens with one attached hydrogen (secondary N) is 1. The van der Waals surface area contributed by atoms with Gasteiger partial charge >= 0.3 is 6.03 Å². The number of piperidine rings is 1. The average molecular weight is 616 g/mol. The molecule has 3 saturated heterocycles. The number of urea groups is 1. The molecule has 7 fully saturated rings. The van der Waals surface area contributed by atoms with Crippen molar-refractivity contribution >= 4 is 27.6 Å². The minimum Gasteiger partial charge on any atom is -0.491 e. The van der Waals surface area contributed by atoms with Crippen molar-refractivity contribution in [3.05, 3.63) is 24.3 Å². The van der Waals surface area contributed by atoms with Crippen LogP contribution in [0.15, 0.2) is 24.3 Å².